The average molecular weight is 301 g/mol. The Morgan fingerprint density at radius 3 is 2.73 bits per heavy atom. The summed E-state index contributed by atoms with van der Waals surface area (Å²) in [7, 11) is 0. The molecule has 0 saturated carbocycles. The van der Waals surface area contributed by atoms with Crippen LogP contribution in [0, 0.1) is 11.3 Å². The van der Waals surface area contributed by atoms with Gasteiger partial charge in [0.1, 0.15) is 0 Å². The quantitative estimate of drug-likeness (QED) is 0.832. The predicted octanol–water partition coefficient (Wildman–Crippen LogP) is 1.42. The highest BCUT2D eigenvalue weighted by Gasteiger charge is 2.16. The molecule has 0 bridgehead atoms. The number of nitrogens with one attached hydrogen (secondary N) is 1. The third-order valence-corrected chi connectivity index (χ3v) is 3.55. The van der Waals surface area contributed by atoms with Crippen molar-refractivity contribution in [3.63, 3.8) is 0 Å². The van der Waals surface area contributed by atoms with E-state index >= 15 is 0 Å². The minimum Gasteiger partial charge on any atom is -0.384 e. The molecular weight excluding hydrogens is 282 g/mol. The second kappa shape index (κ2) is 7.57. The van der Waals surface area contributed by atoms with Crippen LogP contribution in [0.5, 0.6) is 0 Å². The molecule has 0 radical (unpaired) electrons. The van der Waals surface area contributed by atoms with Crippen LogP contribution in [0.25, 0.3) is 0 Å². The number of hydrogen-bond donors (Lipinski definition) is 1. The lowest BCUT2D eigenvalue weighted by Crippen LogP contribution is -2.41. The molecule has 6 nitrogen and oxygen atoms in total. The second-order valence-electron chi connectivity index (χ2n) is 5.10. The van der Waals surface area contributed by atoms with Gasteiger partial charge in [-0.25, -0.2) is 0 Å². The summed E-state index contributed by atoms with van der Waals surface area (Å²) in [6, 6.07) is 6.92. The topological polar surface area (TPSA) is 82.4 Å². The van der Waals surface area contributed by atoms with E-state index in [2.05, 4.69) is 5.32 Å². The number of hydrogen-bond acceptors (Lipinski definition) is 5. The predicted molar refractivity (Wildman–Crippen MR) is 81.7 cm³/mol. The number of carbonyl (C=O) groups excluding carboxylic acids is 2. The van der Waals surface area contributed by atoms with Crippen LogP contribution in [0.1, 0.15) is 29.3 Å². The standard InChI is InChI=1S/C16H19N3O3/c1-12(20)14-3-2-13(11-17)10-15(14)18-5-4-16(21)19-6-8-22-9-7-19/h2-3,10,18H,4-9H2,1H3. The maximum atomic E-state index is 12.0. The van der Waals surface area contributed by atoms with Gasteiger partial charge in [0.25, 0.3) is 0 Å². The van der Waals surface area contributed by atoms with Crippen LogP contribution < -0.4 is 5.32 Å². The molecule has 1 aromatic carbocycles. The molecule has 0 atom stereocenters. The van der Waals surface area contributed by atoms with E-state index in [1.165, 1.54) is 6.92 Å². The first-order valence-electron chi connectivity index (χ1n) is 7.26. The van der Waals surface area contributed by atoms with Crippen molar-refractivity contribution in [2.24, 2.45) is 0 Å². The summed E-state index contributed by atoms with van der Waals surface area (Å²) >= 11 is 0. The number of benzene rings is 1. The van der Waals surface area contributed by atoms with E-state index in [1.54, 1.807) is 23.1 Å². The van der Waals surface area contributed by atoms with Crippen LogP contribution >= 0.6 is 0 Å². The number of amides is 1. The molecule has 0 spiro atoms. The fraction of sp³-hybridized carbons (Fsp3) is 0.438. The van der Waals surface area contributed by atoms with Crippen LogP contribution in [0.4, 0.5) is 5.69 Å². The van der Waals surface area contributed by atoms with Gasteiger partial charge in [0.2, 0.25) is 5.91 Å². The van der Waals surface area contributed by atoms with Gasteiger partial charge in [-0.2, -0.15) is 5.26 Å². The Kier molecular flexibility index (Phi) is 5.50. The third kappa shape index (κ3) is 4.06. The summed E-state index contributed by atoms with van der Waals surface area (Å²) in [4.78, 5) is 25.4. The van der Waals surface area contributed by atoms with Crippen molar-refractivity contribution in [3.05, 3.63) is 29.3 Å². The first-order chi connectivity index (χ1) is 10.6. The largest absolute Gasteiger partial charge is 0.384 e. The van der Waals surface area contributed by atoms with Gasteiger partial charge in [-0.05, 0) is 25.1 Å². The Labute approximate surface area is 129 Å². The van der Waals surface area contributed by atoms with E-state index in [1.807, 2.05) is 6.07 Å². The van der Waals surface area contributed by atoms with Crippen LogP contribution in [0.3, 0.4) is 0 Å². The number of carbonyl (C=O) groups is 2. The molecule has 0 aromatic heterocycles. The van der Waals surface area contributed by atoms with Crippen molar-refractivity contribution in [1.82, 2.24) is 4.90 Å². The van der Waals surface area contributed by atoms with Gasteiger partial charge >= 0.3 is 0 Å². The lowest BCUT2D eigenvalue weighted by molar-refractivity contribution is -0.134. The Hall–Kier alpha value is -2.39. The number of morpholine rings is 1. The van der Waals surface area contributed by atoms with E-state index in [4.69, 9.17) is 10.00 Å². The molecule has 1 aliphatic heterocycles. The van der Waals surface area contributed by atoms with Crippen molar-refractivity contribution in [2.75, 3.05) is 38.2 Å². The Morgan fingerprint density at radius 2 is 2.09 bits per heavy atom. The highest BCUT2D eigenvalue weighted by atomic mass is 16.5. The molecule has 1 heterocycles. The molecule has 1 aliphatic rings. The lowest BCUT2D eigenvalue weighted by Gasteiger charge is -2.27. The van der Waals surface area contributed by atoms with Crippen molar-refractivity contribution >= 4 is 17.4 Å². The van der Waals surface area contributed by atoms with Gasteiger partial charge in [-0.15, -0.1) is 0 Å². The summed E-state index contributed by atoms with van der Waals surface area (Å²) in [5, 5.41) is 12.0. The zero-order chi connectivity index (χ0) is 15.9. The van der Waals surface area contributed by atoms with E-state index in [0.717, 1.165) is 0 Å². The zero-order valence-electron chi connectivity index (χ0n) is 12.6. The highest BCUT2D eigenvalue weighted by Crippen LogP contribution is 2.18. The Balaban J connectivity index is 1.94. The van der Waals surface area contributed by atoms with Gasteiger partial charge < -0.3 is 15.0 Å². The van der Waals surface area contributed by atoms with Crippen molar-refractivity contribution in [3.8, 4) is 6.07 Å². The third-order valence-electron chi connectivity index (χ3n) is 3.55. The molecule has 2 rings (SSSR count). The summed E-state index contributed by atoms with van der Waals surface area (Å²) < 4.78 is 5.21. The number of ether oxygens (including phenoxy) is 1. The molecule has 1 aromatic rings. The van der Waals surface area contributed by atoms with Gasteiger partial charge in [-0.3, -0.25) is 9.59 Å². The first kappa shape index (κ1) is 16.0. The SMILES string of the molecule is CC(=O)c1ccc(C#N)cc1NCCC(=O)N1CCOCC1. The molecule has 1 amide bonds. The number of Topliss-reactive ketones (excluding diaryl/α,β-unsaturated/α-hetero) is 1. The van der Waals surface area contributed by atoms with Crippen LogP contribution in [0.2, 0.25) is 0 Å². The summed E-state index contributed by atoms with van der Waals surface area (Å²) in [6.45, 7) is 4.31. The minimum atomic E-state index is -0.0773. The normalized spacial score (nSPS) is 14.3. The number of anilines is 1. The Morgan fingerprint density at radius 1 is 1.36 bits per heavy atom. The van der Waals surface area contributed by atoms with Gasteiger partial charge in [0, 0.05) is 37.3 Å². The van der Waals surface area contributed by atoms with Crippen molar-refractivity contribution in [1.29, 1.82) is 5.26 Å². The zero-order valence-corrected chi connectivity index (χ0v) is 12.6. The van der Waals surface area contributed by atoms with Gasteiger partial charge in [0.05, 0.1) is 24.8 Å². The molecular formula is C16H19N3O3. The van der Waals surface area contributed by atoms with Crippen LogP contribution in [-0.2, 0) is 9.53 Å². The smallest absolute Gasteiger partial charge is 0.224 e. The maximum absolute atomic E-state index is 12.0. The van der Waals surface area contributed by atoms with Crippen molar-refractivity contribution in [2.45, 2.75) is 13.3 Å². The van der Waals surface area contributed by atoms with Crippen LogP contribution in [0.15, 0.2) is 18.2 Å². The number of rotatable bonds is 5. The maximum Gasteiger partial charge on any atom is 0.224 e. The first-order valence-corrected chi connectivity index (χ1v) is 7.26. The van der Waals surface area contributed by atoms with E-state index in [9.17, 15) is 9.59 Å². The molecule has 1 fully saturated rings. The van der Waals surface area contributed by atoms with E-state index in [0.29, 0.717) is 56.1 Å². The molecule has 6 heteroatoms. The Bertz CT molecular complexity index is 601. The average Bonchev–Trinajstić information content (AvgIpc) is 2.55. The monoisotopic (exact) mass is 301 g/mol. The fourth-order valence-corrected chi connectivity index (χ4v) is 2.34. The van der Waals surface area contributed by atoms with Crippen molar-refractivity contribution < 1.29 is 14.3 Å². The number of nitrogens with zero attached hydrogens (tertiary/aromatic N) is 2. The number of ketones is 1. The van der Waals surface area contributed by atoms with E-state index < -0.39 is 0 Å². The summed E-state index contributed by atoms with van der Waals surface area (Å²) in [5.74, 6) is -0.0110. The van der Waals surface area contributed by atoms with Crippen LogP contribution in [-0.4, -0.2) is 49.4 Å². The fourth-order valence-electron chi connectivity index (χ4n) is 2.34. The summed E-state index contributed by atoms with van der Waals surface area (Å²) in [6.07, 6.45) is 0.341. The summed E-state index contributed by atoms with van der Waals surface area (Å²) in [5.41, 5.74) is 1.60. The van der Waals surface area contributed by atoms with E-state index in [-0.39, 0.29) is 11.7 Å². The molecule has 1 N–H and O–H groups in total. The molecule has 0 unspecified atom stereocenters. The molecule has 1 saturated heterocycles. The molecule has 116 valence electrons. The lowest BCUT2D eigenvalue weighted by atomic mass is 10.1. The minimum absolute atomic E-state index is 0.0663. The van der Waals surface area contributed by atoms with Gasteiger partial charge in [-0.1, -0.05) is 0 Å². The number of nitriles is 1. The second-order valence-corrected chi connectivity index (χ2v) is 5.10. The molecule has 22 heavy (non-hydrogen) atoms. The highest BCUT2D eigenvalue weighted by molar-refractivity contribution is 5.99. The molecule has 0 aliphatic carbocycles. The van der Waals surface area contributed by atoms with Gasteiger partial charge in [0.15, 0.2) is 5.78 Å².